The number of halogens is 1. The summed E-state index contributed by atoms with van der Waals surface area (Å²) in [5.41, 5.74) is 6.85. The van der Waals surface area contributed by atoms with Gasteiger partial charge in [0.25, 0.3) is 0 Å². The lowest BCUT2D eigenvalue weighted by atomic mass is 10.0. The first-order chi connectivity index (χ1) is 6.20. The van der Waals surface area contributed by atoms with Crippen LogP contribution in [0.3, 0.4) is 0 Å². The van der Waals surface area contributed by atoms with Crippen LogP contribution in [0.15, 0.2) is 22.7 Å². The van der Waals surface area contributed by atoms with E-state index in [9.17, 15) is 5.11 Å². The molecule has 0 bridgehead atoms. The highest BCUT2D eigenvalue weighted by atomic mass is 79.9. The molecule has 1 atom stereocenters. The zero-order valence-corrected chi connectivity index (χ0v) is 8.79. The molecule has 70 valence electrons. The summed E-state index contributed by atoms with van der Waals surface area (Å²) >= 11 is 3.28. The average molecular weight is 242 g/mol. The van der Waals surface area contributed by atoms with Crippen molar-refractivity contribution in [3.63, 3.8) is 0 Å². The normalized spacial score (nSPS) is 18.6. The quantitative estimate of drug-likeness (QED) is 0.837. The molecule has 1 aromatic rings. The molecule has 1 aliphatic rings. The predicted octanol–water partition coefficient (Wildman–Crippen LogP) is 2.56. The number of para-hydroxylation sites is 1. The zero-order valence-electron chi connectivity index (χ0n) is 7.20. The van der Waals surface area contributed by atoms with Gasteiger partial charge in [0.15, 0.2) is 0 Å². The second-order valence-electron chi connectivity index (χ2n) is 3.54. The molecule has 0 saturated heterocycles. The van der Waals surface area contributed by atoms with Gasteiger partial charge in [0.1, 0.15) is 5.75 Å². The second kappa shape index (κ2) is 3.31. The van der Waals surface area contributed by atoms with E-state index in [1.807, 2.05) is 18.2 Å². The van der Waals surface area contributed by atoms with Crippen LogP contribution in [0, 0.1) is 5.92 Å². The summed E-state index contributed by atoms with van der Waals surface area (Å²) in [5, 5.41) is 9.72. The molecule has 1 aromatic carbocycles. The minimum Gasteiger partial charge on any atom is -0.506 e. The lowest BCUT2D eigenvalue weighted by molar-refractivity contribution is 0.453. The van der Waals surface area contributed by atoms with Gasteiger partial charge in [-0.15, -0.1) is 0 Å². The number of phenols is 1. The molecule has 0 radical (unpaired) electrons. The van der Waals surface area contributed by atoms with E-state index < -0.39 is 0 Å². The number of hydrogen-bond acceptors (Lipinski definition) is 2. The summed E-state index contributed by atoms with van der Waals surface area (Å²) in [6, 6.07) is 5.61. The van der Waals surface area contributed by atoms with Crippen molar-refractivity contribution in [3.8, 4) is 5.75 Å². The molecular weight excluding hydrogens is 230 g/mol. The third-order valence-corrected chi connectivity index (χ3v) is 3.15. The van der Waals surface area contributed by atoms with Gasteiger partial charge in [-0.1, -0.05) is 12.1 Å². The van der Waals surface area contributed by atoms with Crippen LogP contribution in [0.5, 0.6) is 5.75 Å². The van der Waals surface area contributed by atoms with Crippen LogP contribution in [0.2, 0.25) is 0 Å². The van der Waals surface area contributed by atoms with Crippen molar-refractivity contribution in [2.24, 2.45) is 11.7 Å². The van der Waals surface area contributed by atoms with Crippen LogP contribution in [0.25, 0.3) is 0 Å². The molecule has 0 unspecified atom stereocenters. The van der Waals surface area contributed by atoms with Crippen molar-refractivity contribution >= 4 is 15.9 Å². The lowest BCUT2D eigenvalue weighted by Crippen LogP contribution is -2.12. The van der Waals surface area contributed by atoms with Crippen molar-refractivity contribution in [2.45, 2.75) is 18.9 Å². The standard InChI is InChI=1S/C10H12BrNO/c11-8-3-1-2-7(10(8)13)9(12)6-4-5-6/h1-3,6,9,13H,4-5,12H2/t9-/m1/s1. The van der Waals surface area contributed by atoms with Crippen LogP contribution >= 0.6 is 15.9 Å². The maximum atomic E-state index is 9.72. The summed E-state index contributed by atoms with van der Waals surface area (Å²) in [7, 11) is 0. The van der Waals surface area contributed by atoms with E-state index in [4.69, 9.17) is 5.73 Å². The van der Waals surface area contributed by atoms with Gasteiger partial charge in [-0.25, -0.2) is 0 Å². The first kappa shape index (κ1) is 9.03. The molecule has 2 rings (SSSR count). The number of nitrogens with two attached hydrogens (primary N) is 1. The molecule has 0 heterocycles. The van der Waals surface area contributed by atoms with Crippen LogP contribution in [-0.4, -0.2) is 5.11 Å². The Morgan fingerprint density at radius 3 is 2.77 bits per heavy atom. The molecule has 1 saturated carbocycles. The predicted molar refractivity (Wildman–Crippen MR) is 55.5 cm³/mol. The third-order valence-electron chi connectivity index (χ3n) is 2.51. The summed E-state index contributed by atoms with van der Waals surface area (Å²) in [5.74, 6) is 0.863. The van der Waals surface area contributed by atoms with Crippen LogP contribution in [0.4, 0.5) is 0 Å². The first-order valence-corrected chi connectivity index (χ1v) is 5.22. The van der Waals surface area contributed by atoms with Crippen molar-refractivity contribution in [2.75, 3.05) is 0 Å². The van der Waals surface area contributed by atoms with Gasteiger partial charge in [0.05, 0.1) is 4.47 Å². The maximum Gasteiger partial charge on any atom is 0.134 e. The van der Waals surface area contributed by atoms with Gasteiger partial charge in [0, 0.05) is 11.6 Å². The van der Waals surface area contributed by atoms with Crippen LogP contribution in [0.1, 0.15) is 24.4 Å². The Bertz CT molecular complexity index is 323. The number of hydrogen-bond donors (Lipinski definition) is 2. The fourth-order valence-corrected chi connectivity index (χ4v) is 1.89. The molecule has 1 fully saturated rings. The smallest absolute Gasteiger partial charge is 0.134 e. The Morgan fingerprint density at radius 2 is 2.15 bits per heavy atom. The van der Waals surface area contributed by atoms with Crippen molar-refractivity contribution in [3.05, 3.63) is 28.2 Å². The highest BCUT2D eigenvalue weighted by Gasteiger charge is 2.31. The van der Waals surface area contributed by atoms with E-state index in [1.165, 1.54) is 12.8 Å². The largest absolute Gasteiger partial charge is 0.506 e. The second-order valence-corrected chi connectivity index (χ2v) is 4.40. The highest BCUT2D eigenvalue weighted by molar-refractivity contribution is 9.10. The SMILES string of the molecule is N[C@@H](c1cccc(Br)c1O)C1CC1. The number of aromatic hydroxyl groups is 1. The van der Waals surface area contributed by atoms with Crippen molar-refractivity contribution in [1.82, 2.24) is 0 Å². The van der Waals surface area contributed by atoms with E-state index in [0.717, 1.165) is 10.0 Å². The van der Waals surface area contributed by atoms with Crippen molar-refractivity contribution in [1.29, 1.82) is 0 Å². The minimum absolute atomic E-state index is 0.00231. The summed E-state index contributed by atoms with van der Waals surface area (Å²) < 4.78 is 0.723. The Hall–Kier alpha value is -0.540. The van der Waals surface area contributed by atoms with E-state index in [2.05, 4.69) is 15.9 Å². The molecule has 0 aromatic heterocycles. The van der Waals surface area contributed by atoms with E-state index in [1.54, 1.807) is 0 Å². The summed E-state index contributed by atoms with van der Waals surface area (Å²) in [6.07, 6.45) is 2.38. The van der Waals surface area contributed by atoms with E-state index in [-0.39, 0.29) is 6.04 Å². The minimum atomic E-state index is -0.00231. The number of rotatable bonds is 2. The molecule has 3 heteroatoms. The lowest BCUT2D eigenvalue weighted by Gasteiger charge is -2.13. The third kappa shape index (κ3) is 1.71. The Labute approximate surface area is 85.9 Å². The van der Waals surface area contributed by atoms with Gasteiger partial charge in [-0.05, 0) is 40.8 Å². The topological polar surface area (TPSA) is 46.2 Å². The van der Waals surface area contributed by atoms with Gasteiger partial charge >= 0.3 is 0 Å². The summed E-state index contributed by atoms with van der Waals surface area (Å²) in [4.78, 5) is 0. The van der Waals surface area contributed by atoms with Crippen molar-refractivity contribution < 1.29 is 5.11 Å². The average Bonchev–Trinajstić information content (AvgIpc) is 2.91. The van der Waals surface area contributed by atoms with Gasteiger partial charge in [-0.3, -0.25) is 0 Å². The van der Waals surface area contributed by atoms with Gasteiger partial charge < -0.3 is 10.8 Å². The number of phenolic OH excluding ortho intramolecular Hbond substituents is 1. The zero-order chi connectivity index (χ0) is 9.42. The molecule has 13 heavy (non-hydrogen) atoms. The van der Waals surface area contributed by atoms with Gasteiger partial charge in [0.2, 0.25) is 0 Å². The molecular formula is C10H12BrNO. The Kier molecular flexibility index (Phi) is 2.30. The molecule has 0 amide bonds. The monoisotopic (exact) mass is 241 g/mol. The summed E-state index contributed by atoms with van der Waals surface area (Å²) in [6.45, 7) is 0. The van der Waals surface area contributed by atoms with E-state index >= 15 is 0 Å². The van der Waals surface area contributed by atoms with E-state index in [0.29, 0.717) is 11.7 Å². The Morgan fingerprint density at radius 1 is 1.46 bits per heavy atom. The van der Waals surface area contributed by atoms with Crippen LogP contribution < -0.4 is 5.73 Å². The van der Waals surface area contributed by atoms with Gasteiger partial charge in [-0.2, -0.15) is 0 Å². The molecule has 2 nitrogen and oxygen atoms in total. The molecule has 1 aliphatic carbocycles. The fourth-order valence-electron chi connectivity index (χ4n) is 1.51. The maximum absolute atomic E-state index is 9.72. The fraction of sp³-hybridized carbons (Fsp3) is 0.400. The molecule has 0 aliphatic heterocycles. The number of benzene rings is 1. The first-order valence-electron chi connectivity index (χ1n) is 4.43. The molecule has 3 N–H and O–H groups in total. The highest BCUT2D eigenvalue weighted by Crippen LogP contribution is 2.43. The Balaban J connectivity index is 2.32. The van der Waals surface area contributed by atoms with Crippen LogP contribution in [-0.2, 0) is 0 Å². The molecule has 0 spiro atoms.